The van der Waals surface area contributed by atoms with Gasteiger partial charge in [-0.05, 0) is 31.6 Å². The summed E-state index contributed by atoms with van der Waals surface area (Å²) in [5.41, 5.74) is 0. The summed E-state index contributed by atoms with van der Waals surface area (Å²) in [6.45, 7) is 5.97. The second-order valence-corrected chi connectivity index (χ2v) is 4.39. The van der Waals surface area contributed by atoms with Gasteiger partial charge in [-0.3, -0.25) is 4.79 Å². The fourth-order valence-electron chi connectivity index (χ4n) is 2.50. The lowest BCUT2D eigenvalue weighted by Crippen LogP contribution is -2.28. The molecule has 0 spiro atoms. The molecular weight excluding hydrogens is 172 g/mol. The van der Waals surface area contributed by atoms with Crippen LogP contribution in [0.25, 0.3) is 0 Å². The number of hydrogen-bond donors (Lipinski definition) is 0. The lowest BCUT2D eigenvalue weighted by Gasteiger charge is -2.29. The first-order valence-electron chi connectivity index (χ1n) is 5.93. The highest BCUT2D eigenvalue weighted by molar-refractivity contribution is 5.82. The van der Waals surface area contributed by atoms with E-state index < -0.39 is 0 Å². The number of Topliss-reactive ketones (excluding diaryl/α,β-unsaturated/α-hetero) is 1. The highest BCUT2D eigenvalue weighted by Crippen LogP contribution is 2.33. The Morgan fingerprint density at radius 2 is 2.36 bits per heavy atom. The van der Waals surface area contributed by atoms with Crippen LogP contribution in [0.3, 0.4) is 0 Å². The van der Waals surface area contributed by atoms with E-state index in [4.69, 9.17) is 0 Å². The summed E-state index contributed by atoms with van der Waals surface area (Å²) in [5.74, 6) is 1.43. The Labute approximate surface area is 87.6 Å². The molecule has 0 heterocycles. The predicted octanol–water partition coefficient (Wildman–Crippen LogP) is 3.74. The third kappa shape index (κ3) is 2.97. The van der Waals surface area contributed by atoms with Crippen molar-refractivity contribution in [3.63, 3.8) is 0 Å². The van der Waals surface area contributed by atoms with Crippen LogP contribution in [0.15, 0.2) is 12.7 Å². The smallest absolute Gasteiger partial charge is 0.136 e. The number of carbonyl (C=O) groups is 1. The molecule has 1 rings (SSSR count). The van der Waals surface area contributed by atoms with Crippen LogP contribution in [0.4, 0.5) is 0 Å². The first kappa shape index (κ1) is 11.5. The van der Waals surface area contributed by atoms with E-state index in [2.05, 4.69) is 13.5 Å². The van der Waals surface area contributed by atoms with Gasteiger partial charge in [0.1, 0.15) is 5.78 Å². The fraction of sp³-hybridized carbons (Fsp3) is 0.769. The summed E-state index contributed by atoms with van der Waals surface area (Å²) < 4.78 is 0. The quantitative estimate of drug-likeness (QED) is 0.609. The van der Waals surface area contributed by atoms with Crippen molar-refractivity contribution in [1.82, 2.24) is 0 Å². The van der Waals surface area contributed by atoms with E-state index >= 15 is 0 Å². The van der Waals surface area contributed by atoms with Gasteiger partial charge in [0, 0.05) is 12.3 Å². The maximum absolute atomic E-state index is 11.7. The second-order valence-electron chi connectivity index (χ2n) is 4.39. The summed E-state index contributed by atoms with van der Waals surface area (Å²) in [6.07, 6.45) is 9.73. The van der Waals surface area contributed by atoms with Crippen LogP contribution in [0, 0.1) is 11.8 Å². The van der Waals surface area contributed by atoms with Crippen molar-refractivity contribution in [3.8, 4) is 0 Å². The van der Waals surface area contributed by atoms with Crippen molar-refractivity contribution in [1.29, 1.82) is 0 Å². The van der Waals surface area contributed by atoms with Gasteiger partial charge in [-0.15, -0.1) is 6.58 Å². The molecule has 0 saturated heterocycles. The Morgan fingerprint density at radius 3 is 3.00 bits per heavy atom. The largest absolute Gasteiger partial charge is 0.299 e. The summed E-state index contributed by atoms with van der Waals surface area (Å²) in [4.78, 5) is 11.7. The zero-order chi connectivity index (χ0) is 10.4. The topological polar surface area (TPSA) is 17.1 Å². The number of unbranched alkanes of at least 4 members (excludes halogenated alkanes) is 1. The van der Waals surface area contributed by atoms with Gasteiger partial charge in [0.15, 0.2) is 0 Å². The van der Waals surface area contributed by atoms with E-state index in [1.165, 1.54) is 25.7 Å². The Bertz CT molecular complexity index is 195. The summed E-state index contributed by atoms with van der Waals surface area (Å²) in [6, 6.07) is 0. The van der Waals surface area contributed by atoms with E-state index in [0.29, 0.717) is 17.6 Å². The van der Waals surface area contributed by atoms with Gasteiger partial charge >= 0.3 is 0 Å². The van der Waals surface area contributed by atoms with Crippen molar-refractivity contribution >= 4 is 5.78 Å². The van der Waals surface area contributed by atoms with Crippen molar-refractivity contribution < 1.29 is 4.79 Å². The van der Waals surface area contributed by atoms with E-state index in [-0.39, 0.29) is 0 Å². The summed E-state index contributed by atoms with van der Waals surface area (Å²) in [7, 11) is 0. The highest BCUT2D eigenvalue weighted by atomic mass is 16.1. The van der Waals surface area contributed by atoms with Gasteiger partial charge < -0.3 is 0 Å². The lowest BCUT2D eigenvalue weighted by molar-refractivity contribution is -0.126. The standard InChI is InChI=1S/C13H22O/c1-3-5-8-11-9-6-10-13(14)12(11)7-4-2/h4,11-12H,2-3,5-10H2,1H3/t11-,12-/m1/s1. The zero-order valence-corrected chi connectivity index (χ0v) is 9.30. The maximum atomic E-state index is 11.7. The SMILES string of the molecule is C=CC[C@H]1C(=O)CCC[C@H]1CCCC. The van der Waals surface area contributed by atoms with Crippen molar-refractivity contribution in [2.24, 2.45) is 11.8 Å². The molecule has 0 aromatic heterocycles. The summed E-state index contributed by atoms with van der Waals surface area (Å²) in [5, 5.41) is 0. The minimum atomic E-state index is 0.299. The van der Waals surface area contributed by atoms with Crippen LogP contribution in [-0.4, -0.2) is 5.78 Å². The van der Waals surface area contributed by atoms with Crippen molar-refractivity contribution in [2.45, 2.75) is 51.9 Å². The van der Waals surface area contributed by atoms with Crippen LogP contribution in [0.2, 0.25) is 0 Å². The molecule has 1 fully saturated rings. The van der Waals surface area contributed by atoms with Crippen LogP contribution in [0.1, 0.15) is 51.9 Å². The Hall–Kier alpha value is -0.590. The average molecular weight is 194 g/mol. The minimum Gasteiger partial charge on any atom is -0.299 e. The Balaban J connectivity index is 2.50. The summed E-state index contributed by atoms with van der Waals surface area (Å²) >= 11 is 0. The van der Waals surface area contributed by atoms with Crippen molar-refractivity contribution in [2.75, 3.05) is 0 Å². The molecule has 0 bridgehead atoms. The fourth-order valence-corrected chi connectivity index (χ4v) is 2.50. The molecule has 0 amide bonds. The predicted molar refractivity (Wildman–Crippen MR) is 60.2 cm³/mol. The van der Waals surface area contributed by atoms with E-state index in [9.17, 15) is 4.79 Å². The molecule has 0 N–H and O–H groups in total. The van der Waals surface area contributed by atoms with Crippen LogP contribution in [0.5, 0.6) is 0 Å². The average Bonchev–Trinajstić information content (AvgIpc) is 2.19. The Kier molecular flexibility index (Phi) is 4.92. The van der Waals surface area contributed by atoms with Crippen LogP contribution in [-0.2, 0) is 4.79 Å². The maximum Gasteiger partial charge on any atom is 0.136 e. The van der Waals surface area contributed by atoms with E-state index in [1.54, 1.807) is 0 Å². The molecule has 0 unspecified atom stereocenters. The number of hydrogen-bond acceptors (Lipinski definition) is 1. The number of carbonyl (C=O) groups excluding carboxylic acids is 1. The molecule has 0 aliphatic heterocycles. The molecule has 1 heteroatoms. The van der Waals surface area contributed by atoms with Gasteiger partial charge in [0.2, 0.25) is 0 Å². The number of allylic oxidation sites excluding steroid dienone is 1. The monoisotopic (exact) mass is 194 g/mol. The third-order valence-corrected chi connectivity index (χ3v) is 3.33. The molecule has 0 radical (unpaired) electrons. The molecule has 1 nitrogen and oxygen atoms in total. The van der Waals surface area contributed by atoms with Gasteiger partial charge in [-0.25, -0.2) is 0 Å². The van der Waals surface area contributed by atoms with Crippen LogP contribution < -0.4 is 0 Å². The molecule has 0 aromatic rings. The normalized spacial score (nSPS) is 27.6. The minimum absolute atomic E-state index is 0.299. The van der Waals surface area contributed by atoms with E-state index in [0.717, 1.165) is 19.3 Å². The molecule has 0 aromatic carbocycles. The number of ketones is 1. The van der Waals surface area contributed by atoms with Gasteiger partial charge in [0.05, 0.1) is 0 Å². The van der Waals surface area contributed by atoms with Crippen LogP contribution >= 0.6 is 0 Å². The second kappa shape index (κ2) is 6.00. The zero-order valence-electron chi connectivity index (χ0n) is 9.30. The van der Waals surface area contributed by atoms with E-state index in [1.807, 2.05) is 6.08 Å². The molecule has 1 saturated carbocycles. The molecule has 80 valence electrons. The molecule has 2 atom stereocenters. The lowest BCUT2D eigenvalue weighted by atomic mass is 9.74. The Morgan fingerprint density at radius 1 is 1.57 bits per heavy atom. The molecule has 1 aliphatic rings. The first-order valence-corrected chi connectivity index (χ1v) is 5.93. The molecular formula is C13H22O. The first-order chi connectivity index (χ1) is 6.79. The highest BCUT2D eigenvalue weighted by Gasteiger charge is 2.29. The van der Waals surface area contributed by atoms with Gasteiger partial charge in [0.25, 0.3) is 0 Å². The van der Waals surface area contributed by atoms with Gasteiger partial charge in [-0.1, -0.05) is 25.8 Å². The number of rotatable bonds is 5. The van der Waals surface area contributed by atoms with Crippen molar-refractivity contribution in [3.05, 3.63) is 12.7 Å². The van der Waals surface area contributed by atoms with Gasteiger partial charge in [-0.2, -0.15) is 0 Å². The third-order valence-electron chi connectivity index (χ3n) is 3.33. The molecule has 1 aliphatic carbocycles. The molecule has 14 heavy (non-hydrogen) atoms.